The van der Waals surface area contributed by atoms with Crippen LogP contribution in [0.15, 0.2) is 30.5 Å². The third-order valence-electron chi connectivity index (χ3n) is 4.87. The molecule has 3 nitrogen and oxygen atoms in total. The van der Waals surface area contributed by atoms with Gasteiger partial charge < -0.3 is 9.64 Å². The molecule has 110 valence electrons. The number of anilines is 1. The lowest BCUT2D eigenvalue weighted by Crippen LogP contribution is -2.43. The zero-order chi connectivity index (χ0) is 14.3. The van der Waals surface area contributed by atoms with Crippen LogP contribution in [0.1, 0.15) is 19.3 Å². The number of fused-ring (bicyclic) bond motifs is 1. The minimum absolute atomic E-state index is 0.361. The molecule has 2 fully saturated rings. The van der Waals surface area contributed by atoms with Gasteiger partial charge in [-0.3, -0.25) is 4.98 Å². The van der Waals surface area contributed by atoms with Crippen LogP contribution >= 0.6 is 11.6 Å². The van der Waals surface area contributed by atoms with Crippen molar-refractivity contribution in [3.8, 4) is 0 Å². The third-order valence-corrected chi connectivity index (χ3v) is 5.10. The summed E-state index contributed by atoms with van der Waals surface area (Å²) in [5, 5.41) is 1.93. The van der Waals surface area contributed by atoms with Crippen LogP contribution in [0.3, 0.4) is 0 Å². The third kappa shape index (κ3) is 2.39. The molecule has 2 saturated heterocycles. The second-order valence-corrected chi connectivity index (χ2v) is 6.76. The number of halogens is 1. The molecular weight excluding hydrogens is 284 g/mol. The molecule has 3 heterocycles. The van der Waals surface area contributed by atoms with Crippen molar-refractivity contribution in [3.05, 3.63) is 35.5 Å². The summed E-state index contributed by atoms with van der Waals surface area (Å²) in [5.74, 6) is 0. The summed E-state index contributed by atoms with van der Waals surface area (Å²) < 4.78 is 5.67. The van der Waals surface area contributed by atoms with Gasteiger partial charge in [0.05, 0.1) is 12.1 Å². The van der Waals surface area contributed by atoms with Crippen molar-refractivity contribution in [2.24, 2.45) is 5.41 Å². The highest BCUT2D eigenvalue weighted by molar-refractivity contribution is 6.31. The van der Waals surface area contributed by atoms with Gasteiger partial charge in [0, 0.05) is 47.4 Å². The quantitative estimate of drug-likeness (QED) is 0.799. The van der Waals surface area contributed by atoms with Crippen LogP contribution in [-0.4, -0.2) is 31.3 Å². The van der Waals surface area contributed by atoms with Gasteiger partial charge in [-0.15, -0.1) is 0 Å². The molecule has 1 aromatic carbocycles. The molecule has 0 unspecified atom stereocenters. The van der Waals surface area contributed by atoms with Crippen LogP contribution in [0.5, 0.6) is 0 Å². The fraction of sp³-hybridized carbons (Fsp3) is 0.471. The molecular formula is C17H19ClN2O. The summed E-state index contributed by atoms with van der Waals surface area (Å²) in [6.07, 6.45) is 5.61. The van der Waals surface area contributed by atoms with Crippen LogP contribution in [0.4, 0.5) is 5.69 Å². The van der Waals surface area contributed by atoms with Crippen molar-refractivity contribution >= 4 is 28.2 Å². The highest BCUT2D eigenvalue weighted by Gasteiger charge is 2.39. The van der Waals surface area contributed by atoms with E-state index < -0.39 is 0 Å². The molecule has 0 amide bonds. The number of hydrogen-bond donors (Lipinski definition) is 0. The smallest absolute Gasteiger partial charge is 0.0737 e. The van der Waals surface area contributed by atoms with Gasteiger partial charge in [0.2, 0.25) is 0 Å². The van der Waals surface area contributed by atoms with E-state index in [2.05, 4.69) is 22.0 Å². The Morgan fingerprint density at radius 2 is 2.19 bits per heavy atom. The maximum atomic E-state index is 6.09. The first-order valence-electron chi connectivity index (χ1n) is 7.63. The lowest BCUT2D eigenvalue weighted by atomic mass is 9.79. The molecule has 2 aromatic rings. The Morgan fingerprint density at radius 1 is 1.24 bits per heavy atom. The van der Waals surface area contributed by atoms with Crippen molar-refractivity contribution in [3.63, 3.8) is 0 Å². The van der Waals surface area contributed by atoms with Gasteiger partial charge in [-0.25, -0.2) is 0 Å². The lowest BCUT2D eigenvalue weighted by Gasteiger charge is -2.41. The summed E-state index contributed by atoms with van der Waals surface area (Å²) in [6.45, 7) is 4.04. The summed E-state index contributed by atoms with van der Waals surface area (Å²) in [6, 6.07) is 8.11. The van der Waals surface area contributed by atoms with E-state index in [4.69, 9.17) is 16.3 Å². The number of aromatic nitrogens is 1. The standard InChI is InChI=1S/C17H19ClN2O/c18-13-2-3-14-15(10-13)19-7-4-16(14)20-8-1-5-17(11-20)6-9-21-12-17/h2-4,7,10H,1,5-6,8-9,11-12H2/t17-/m0/s1. The molecule has 21 heavy (non-hydrogen) atoms. The Bertz CT molecular complexity index is 667. The summed E-state index contributed by atoms with van der Waals surface area (Å²) in [5.41, 5.74) is 2.62. The normalized spacial score (nSPS) is 25.9. The second-order valence-electron chi connectivity index (χ2n) is 6.32. The Hall–Kier alpha value is -1.32. The summed E-state index contributed by atoms with van der Waals surface area (Å²) >= 11 is 6.09. The molecule has 0 N–H and O–H groups in total. The first-order valence-corrected chi connectivity index (χ1v) is 8.01. The summed E-state index contributed by atoms with van der Waals surface area (Å²) in [7, 11) is 0. The van der Waals surface area contributed by atoms with Gasteiger partial charge in [-0.2, -0.15) is 0 Å². The van der Waals surface area contributed by atoms with E-state index in [1.165, 1.54) is 30.3 Å². The number of ether oxygens (including phenoxy) is 1. The average molecular weight is 303 g/mol. The number of nitrogens with zero attached hydrogens (tertiary/aromatic N) is 2. The zero-order valence-electron chi connectivity index (χ0n) is 12.0. The predicted molar refractivity (Wildman–Crippen MR) is 86.1 cm³/mol. The van der Waals surface area contributed by atoms with E-state index in [0.717, 1.165) is 36.8 Å². The minimum Gasteiger partial charge on any atom is -0.381 e. The maximum absolute atomic E-state index is 6.09. The highest BCUT2D eigenvalue weighted by Crippen LogP contribution is 2.40. The van der Waals surface area contributed by atoms with E-state index in [1.54, 1.807) is 0 Å². The maximum Gasteiger partial charge on any atom is 0.0737 e. The molecule has 1 spiro atoms. The Kier molecular flexibility index (Phi) is 3.27. The first-order chi connectivity index (χ1) is 10.3. The molecule has 2 aliphatic heterocycles. The van der Waals surface area contributed by atoms with Crippen LogP contribution in [0, 0.1) is 5.41 Å². The van der Waals surface area contributed by atoms with Gasteiger partial charge in [0.15, 0.2) is 0 Å². The number of hydrogen-bond acceptors (Lipinski definition) is 3. The van der Waals surface area contributed by atoms with Crippen molar-refractivity contribution in [2.45, 2.75) is 19.3 Å². The van der Waals surface area contributed by atoms with E-state index in [1.807, 2.05) is 18.3 Å². The monoisotopic (exact) mass is 302 g/mol. The zero-order valence-corrected chi connectivity index (χ0v) is 12.8. The van der Waals surface area contributed by atoms with E-state index >= 15 is 0 Å². The number of piperidine rings is 1. The lowest BCUT2D eigenvalue weighted by molar-refractivity contribution is 0.139. The van der Waals surface area contributed by atoms with Gasteiger partial charge in [0.1, 0.15) is 0 Å². The van der Waals surface area contributed by atoms with Gasteiger partial charge >= 0.3 is 0 Å². The fourth-order valence-electron chi connectivity index (χ4n) is 3.77. The number of benzene rings is 1. The largest absolute Gasteiger partial charge is 0.381 e. The number of rotatable bonds is 1. The molecule has 4 heteroatoms. The minimum atomic E-state index is 0.361. The Morgan fingerprint density at radius 3 is 3.05 bits per heavy atom. The van der Waals surface area contributed by atoms with Gasteiger partial charge in [0.25, 0.3) is 0 Å². The van der Waals surface area contributed by atoms with Crippen molar-refractivity contribution in [1.82, 2.24) is 4.98 Å². The molecule has 1 aromatic heterocycles. The fourth-order valence-corrected chi connectivity index (χ4v) is 3.93. The topological polar surface area (TPSA) is 25.4 Å². The molecule has 0 bridgehead atoms. The molecule has 4 rings (SSSR count). The van der Waals surface area contributed by atoms with Crippen LogP contribution in [0.2, 0.25) is 5.02 Å². The predicted octanol–water partition coefficient (Wildman–Crippen LogP) is 3.90. The first kappa shape index (κ1) is 13.4. The highest BCUT2D eigenvalue weighted by atomic mass is 35.5. The number of pyridine rings is 1. The molecule has 0 radical (unpaired) electrons. The summed E-state index contributed by atoms with van der Waals surface area (Å²) in [4.78, 5) is 6.96. The van der Waals surface area contributed by atoms with E-state index in [9.17, 15) is 0 Å². The van der Waals surface area contributed by atoms with Crippen LogP contribution < -0.4 is 4.90 Å². The van der Waals surface area contributed by atoms with Crippen molar-refractivity contribution in [2.75, 3.05) is 31.2 Å². The molecule has 0 saturated carbocycles. The van der Waals surface area contributed by atoms with Crippen molar-refractivity contribution < 1.29 is 4.74 Å². The van der Waals surface area contributed by atoms with Crippen LogP contribution in [-0.2, 0) is 4.74 Å². The second kappa shape index (κ2) is 5.15. The molecule has 2 aliphatic rings. The molecule has 1 atom stereocenters. The Balaban J connectivity index is 1.72. The van der Waals surface area contributed by atoms with E-state index in [-0.39, 0.29) is 0 Å². The molecule has 0 aliphatic carbocycles. The van der Waals surface area contributed by atoms with Crippen molar-refractivity contribution in [1.29, 1.82) is 0 Å². The van der Waals surface area contributed by atoms with Gasteiger partial charge in [-0.1, -0.05) is 11.6 Å². The van der Waals surface area contributed by atoms with Crippen LogP contribution in [0.25, 0.3) is 10.9 Å². The SMILES string of the molecule is Clc1ccc2c(N3CCC[C@]4(CCOC4)C3)ccnc2c1. The van der Waals surface area contributed by atoms with Gasteiger partial charge in [-0.05, 0) is 43.5 Å². The Labute approximate surface area is 129 Å². The van der Waals surface area contributed by atoms with E-state index in [0.29, 0.717) is 5.41 Å². The average Bonchev–Trinajstić information content (AvgIpc) is 2.94.